The van der Waals surface area contributed by atoms with Gasteiger partial charge >= 0.3 is 0 Å². The van der Waals surface area contributed by atoms with Crippen molar-refractivity contribution in [2.45, 2.75) is 12.8 Å². The molecule has 0 bridgehead atoms. The fourth-order valence-corrected chi connectivity index (χ4v) is 3.11. The van der Waals surface area contributed by atoms with Gasteiger partial charge in [-0.25, -0.2) is 0 Å². The Morgan fingerprint density at radius 2 is 1.52 bits per heavy atom. The minimum absolute atomic E-state index is 0. The van der Waals surface area contributed by atoms with E-state index < -0.39 is 0 Å². The standard InChI is InChI=1S/C14H24N4O2.ClH/c19-13(17-3-1-2-4-17)11-16-5-7-18(8-6-16)14(20)12-9-15-10-12;/h12,15H,1-11H2;1H. The van der Waals surface area contributed by atoms with Gasteiger partial charge in [-0.3, -0.25) is 14.5 Å². The molecule has 120 valence electrons. The Balaban J connectivity index is 0.00000161. The smallest absolute Gasteiger partial charge is 0.236 e. The molecule has 3 rings (SSSR count). The predicted molar refractivity (Wildman–Crippen MR) is 82.4 cm³/mol. The average Bonchev–Trinajstić information content (AvgIpc) is 2.91. The van der Waals surface area contributed by atoms with E-state index in [9.17, 15) is 9.59 Å². The van der Waals surface area contributed by atoms with Crippen molar-refractivity contribution >= 4 is 24.2 Å². The third-order valence-corrected chi connectivity index (χ3v) is 4.63. The lowest BCUT2D eigenvalue weighted by Crippen LogP contribution is -2.57. The number of halogens is 1. The summed E-state index contributed by atoms with van der Waals surface area (Å²) in [7, 11) is 0. The summed E-state index contributed by atoms with van der Waals surface area (Å²) < 4.78 is 0. The van der Waals surface area contributed by atoms with Crippen LogP contribution in [-0.4, -0.2) is 85.4 Å². The largest absolute Gasteiger partial charge is 0.342 e. The second kappa shape index (κ2) is 7.42. The highest BCUT2D eigenvalue weighted by molar-refractivity contribution is 5.85. The first-order chi connectivity index (χ1) is 9.74. The minimum Gasteiger partial charge on any atom is -0.342 e. The Kier molecular flexibility index (Phi) is 5.84. The summed E-state index contributed by atoms with van der Waals surface area (Å²) in [6.07, 6.45) is 2.28. The van der Waals surface area contributed by atoms with Crippen molar-refractivity contribution < 1.29 is 9.59 Å². The van der Waals surface area contributed by atoms with Crippen LogP contribution in [0.4, 0.5) is 0 Å². The molecule has 0 unspecified atom stereocenters. The second-order valence-electron chi connectivity index (χ2n) is 6.04. The van der Waals surface area contributed by atoms with Crippen molar-refractivity contribution in [3.8, 4) is 0 Å². The van der Waals surface area contributed by atoms with Gasteiger partial charge in [0.1, 0.15) is 0 Å². The fourth-order valence-electron chi connectivity index (χ4n) is 3.11. The monoisotopic (exact) mass is 316 g/mol. The number of hydrogen-bond acceptors (Lipinski definition) is 4. The summed E-state index contributed by atoms with van der Waals surface area (Å²) in [5.74, 6) is 0.729. The maximum absolute atomic E-state index is 12.1. The summed E-state index contributed by atoms with van der Waals surface area (Å²) in [6.45, 7) is 7.20. The van der Waals surface area contributed by atoms with E-state index in [1.54, 1.807) is 0 Å². The highest BCUT2D eigenvalue weighted by Crippen LogP contribution is 2.12. The van der Waals surface area contributed by atoms with Gasteiger partial charge < -0.3 is 15.1 Å². The quantitative estimate of drug-likeness (QED) is 0.755. The van der Waals surface area contributed by atoms with Gasteiger partial charge in [0.2, 0.25) is 11.8 Å². The molecule has 1 N–H and O–H groups in total. The molecular formula is C14H25ClN4O2. The molecule has 3 fully saturated rings. The zero-order chi connectivity index (χ0) is 13.9. The molecule has 0 aliphatic carbocycles. The van der Waals surface area contributed by atoms with E-state index >= 15 is 0 Å². The third-order valence-electron chi connectivity index (χ3n) is 4.63. The number of carbonyl (C=O) groups excluding carboxylic acids is 2. The van der Waals surface area contributed by atoms with E-state index in [-0.39, 0.29) is 30.1 Å². The molecule has 0 atom stereocenters. The Labute approximate surface area is 132 Å². The first-order valence-corrected chi connectivity index (χ1v) is 7.73. The molecule has 3 aliphatic rings. The zero-order valence-electron chi connectivity index (χ0n) is 12.4. The molecule has 2 amide bonds. The van der Waals surface area contributed by atoms with Gasteiger partial charge in [-0.2, -0.15) is 0 Å². The SMILES string of the molecule is Cl.O=C(CN1CCN(C(=O)C2CNC2)CC1)N1CCCC1. The zero-order valence-corrected chi connectivity index (χ0v) is 13.2. The van der Waals surface area contributed by atoms with Gasteiger partial charge in [0.05, 0.1) is 12.5 Å². The van der Waals surface area contributed by atoms with Gasteiger partial charge in [0.25, 0.3) is 0 Å². The molecule has 0 aromatic rings. The maximum Gasteiger partial charge on any atom is 0.236 e. The van der Waals surface area contributed by atoms with Crippen LogP contribution < -0.4 is 5.32 Å². The second-order valence-corrected chi connectivity index (χ2v) is 6.04. The molecule has 3 heterocycles. The van der Waals surface area contributed by atoms with E-state index in [1.165, 1.54) is 0 Å². The molecule has 0 saturated carbocycles. The molecule has 7 heteroatoms. The van der Waals surface area contributed by atoms with Crippen LogP contribution in [0.3, 0.4) is 0 Å². The Morgan fingerprint density at radius 3 is 2.05 bits per heavy atom. The summed E-state index contributed by atoms with van der Waals surface area (Å²) >= 11 is 0. The summed E-state index contributed by atoms with van der Waals surface area (Å²) in [5, 5.41) is 3.14. The van der Waals surface area contributed by atoms with Gasteiger partial charge in [-0.1, -0.05) is 0 Å². The molecule has 0 radical (unpaired) electrons. The molecule has 0 aromatic carbocycles. The van der Waals surface area contributed by atoms with E-state index in [2.05, 4.69) is 10.2 Å². The van der Waals surface area contributed by atoms with Crippen molar-refractivity contribution in [1.82, 2.24) is 20.0 Å². The van der Waals surface area contributed by atoms with Gasteiger partial charge in [-0.05, 0) is 12.8 Å². The van der Waals surface area contributed by atoms with Crippen molar-refractivity contribution in [3.63, 3.8) is 0 Å². The maximum atomic E-state index is 12.1. The van der Waals surface area contributed by atoms with Crippen LogP contribution in [0, 0.1) is 5.92 Å². The minimum atomic E-state index is 0. The number of rotatable bonds is 3. The van der Waals surface area contributed by atoms with E-state index in [0.717, 1.165) is 65.2 Å². The highest BCUT2D eigenvalue weighted by atomic mass is 35.5. The average molecular weight is 317 g/mol. The van der Waals surface area contributed by atoms with Gasteiger partial charge in [0, 0.05) is 52.4 Å². The lowest BCUT2D eigenvalue weighted by atomic mass is 10.0. The van der Waals surface area contributed by atoms with Crippen LogP contribution >= 0.6 is 12.4 Å². The highest BCUT2D eigenvalue weighted by Gasteiger charge is 2.31. The van der Waals surface area contributed by atoms with Crippen molar-refractivity contribution in [2.75, 3.05) is 58.9 Å². The van der Waals surface area contributed by atoms with E-state index in [0.29, 0.717) is 6.54 Å². The number of nitrogens with zero attached hydrogens (tertiary/aromatic N) is 3. The first kappa shape index (κ1) is 16.5. The normalized spacial score (nSPS) is 23.6. The molecule has 0 spiro atoms. The van der Waals surface area contributed by atoms with Crippen molar-refractivity contribution in [2.24, 2.45) is 5.92 Å². The summed E-state index contributed by atoms with van der Waals surface area (Å²) in [4.78, 5) is 30.3. The number of amides is 2. The van der Waals surface area contributed by atoms with Crippen molar-refractivity contribution in [3.05, 3.63) is 0 Å². The lowest BCUT2D eigenvalue weighted by molar-refractivity contribution is -0.139. The van der Waals surface area contributed by atoms with Crippen LogP contribution in [0.15, 0.2) is 0 Å². The van der Waals surface area contributed by atoms with Crippen LogP contribution in [0.25, 0.3) is 0 Å². The number of likely N-dealkylation sites (tertiary alicyclic amines) is 1. The molecule has 3 saturated heterocycles. The van der Waals surface area contributed by atoms with E-state index in [4.69, 9.17) is 0 Å². The first-order valence-electron chi connectivity index (χ1n) is 7.73. The lowest BCUT2D eigenvalue weighted by Gasteiger charge is -2.38. The molecular weight excluding hydrogens is 292 g/mol. The van der Waals surface area contributed by atoms with Crippen LogP contribution in [0.2, 0.25) is 0 Å². The Hall–Kier alpha value is -0.850. The van der Waals surface area contributed by atoms with E-state index in [1.807, 2.05) is 9.80 Å². The van der Waals surface area contributed by atoms with Crippen LogP contribution in [0.5, 0.6) is 0 Å². The molecule has 6 nitrogen and oxygen atoms in total. The van der Waals surface area contributed by atoms with Crippen molar-refractivity contribution in [1.29, 1.82) is 0 Å². The summed E-state index contributed by atoms with van der Waals surface area (Å²) in [5.41, 5.74) is 0. The molecule has 3 aliphatic heterocycles. The Morgan fingerprint density at radius 1 is 0.905 bits per heavy atom. The number of hydrogen-bond donors (Lipinski definition) is 1. The number of piperazine rings is 1. The number of carbonyl (C=O) groups is 2. The molecule has 21 heavy (non-hydrogen) atoms. The molecule has 0 aromatic heterocycles. The van der Waals surface area contributed by atoms with Gasteiger partial charge in [0.15, 0.2) is 0 Å². The Bertz CT molecular complexity index is 375. The fraction of sp³-hybridized carbons (Fsp3) is 0.857. The predicted octanol–water partition coefficient (Wildman–Crippen LogP) is -0.606. The topological polar surface area (TPSA) is 55.9 Å². The van der Waals surface area contributed by atoms with Crippen LogP contribution in [0.1, 0.15) is 12.8 Å². The van der Waals surface area contributed by atoms with Gasteiger partial charge in [-0.15, -0.1) is 12.4 Å². The summed E-state index contributed by atoms with van der Waals surface area (Å²) in [6, 6.07) is 0. The van der Waals surface area contributed by atoms with Crippen LogP contribution in [-0.2, 0) is 9.59 Å². The third kappa shape index (κ3) is 3.87. The number of nitrogens with one attached hydrogen (secondary N) is 1.